The molecule has 0 aromatic heterocycles. The van der Waals surface area contributed by atoms with Gasteiger partial charge in [0.1, 0.15) is 12.0 Å². The molecule has 0 radical (unpaired) electrons. The average molecular weight is 483 g/mol. The summed E-state index contributed by atoms with van der Waals surface area (Å²) in [6, 6.07) is 14.4. The molecule has 1 amide bonds. The zero-order chi connectivity index (χ0) is 24.1. The molecule has 0 saturated carbocycles. The van der Waals surface area contributed by atoms with Gasteiger partial charge in [0.15, 0.2) is 0 Å². The first-order valence-corrected chi connectivity index (χ1v) is 12.9. The lowest BCUT2D eigenvalue weighted by Gasteiger charge is -2.31. The number of hydrogen-bond donors (Lipinski definition) is 2. The minimum absolute atomic E-state index is 0.0692. The second kappa shape index (κ2) is 10.4. The second-order valence-electron chi connectivity index (χ2n) is 8.30. The predicted octanol–water partition coefficient (Wildman–Crippen LogP) is 5.80. The Morgan fingerprint density at radius 1 is 1.03 bits per heavy atom. The maximum atomic E-state index is 13.4. The van der Waals surface area contributed by atoms with Gasteiger partial charge in [0.25, 0.3) is 0 Å². The third kappa shape index (κ3) is 5.86. The predicted molar refractivity (Wildman–Crippen MR) is 121 cm³/mol. The molecular weight excluding hydrogens is 454 g/mol. The molecule has 0 fully saturated rings. The highest BCUT2D eigenvalue weighted by Gasteiger charge is 2.49. The Kier molecular flexibility index (Phi) is 8.04. The molecule has 180 valence electrons. The number of carbonyl (C=O) groups is 1. The molecule has 5 nitrogen and oxygen atoms in total. The molecule has 2 aromatic carbocycles. The van der Waals surface area contributed by atoms with E-state index < -0.39 is 31.6 Å². The summed E-state index contributed by atoms with van der Waals surface area (Å²) in [7, 11) is -3.75. The Morgan fingerprint density at radius 3 is 2.15 bits per heavy atom. The molecular formula is C24H29F3NO4P. The number of fused-ring (bicyclic) bond motifs is 3. The van der Waals surface area contributed by atoms with Gasteiger partial charge in [0.05, 0.1) is 6.61 Å². The van der Waals surface area contributed by atoms with Crippen LogP contribution in [0.15, 0.2) is 48.5 Å². The Balaban J connectivity index is 1.86. The summed E-state index contributed by atoms with van der Waals surface area (Å²) < 4.78 is 56.0. The van der Waals surface area contributed by atoms with Gasteiger partial charge in [-0.1, -0.05) is 68.3 Å². The minimum Gasteiger partial charge on any atom is -0.346 e. The standard InChI is InChI=1S/C24H29F3NO4P/c1-2-3-15-32-33(30,31)16-9-8-14-23(22(29)28-17-24(25,26)27)20-12-6-4-10-18(20)19-11-5-7-13-21(19)23/h4-7,10-13H,2-3,8-9,14-17H2,1H3,(H,28,29)(H,30,31). The number of unbranched alkanes of at least 4 members (excludes halogenated alkanes) is 2. The van der Waals surface area contributed by atoms with Crippen LogP contribution in [0.25, 0.3) is 11.1 Å². The highest BCUT2D eigenvalue weighted by Crippen LogP contribution is 2.52. The van der Waals surface area contributed by atoms with Crippen LogP contribution in [0.4, 0.5) is 13.2 Å². The van der Waals surface area contributed by atoms with Gasteiger partial charge in [-0.2, -0.15) is 13.2 Å². The van der Waals surface area contributed by atoms with Gasteiger partial charge in [-0.3, -0.25) is 9.36 Å². The Labute approximate surface area is 191 Å². The average Bonchev–Trinajstić information content (AvgIpc) is 3.06. The van der Waals surface area contributed by atoms with E-state index in [2.05, 4.69) is 5.32 Å². The number of hydrogen-bond acceptors (Lipinski definition) is 3. The van der Waals surface area contributed by atoms with E-state index >= 15 is 0 Å². The first-order valence-electron chi connectivity index (χ1n) is 11.1. The third-order valence-electron chi connectivity index (χ3n) is 5.93. The maximum Gasteiger partial charge on any atom is 0.405 e. The molecule has 1 atom stereocenters. The van der Waals surface area contributed by atoms with Gasteiger partial charge in [0, 0.05) is 6.16 Å². The number of alkyl halides is 3. The molecule has 0 spiro atoms. The SMILES string of the molecule is CCCCOP(=O)(O)CCCCC1(C(=O)NCC(F)(F)F)c2ccccc2-c2ccccc21. The fraction of sp³-hybridized carbons (Fsp3) is 0.458. The molecule has 0 heterocycles. The smallest absolute Gasteiger partial charge is 0.346 e. The van der Waals surface area contributed by atoms with Gasteiger partial charge < -0.3 is 14.7 Å². The number of amides is 1. The lowest BCUT2D eigenvalue weighted by Crippen LogP contribution is -2.47. The summed E-state index contributed by atoms with van der Waals surface area (Å²) in [5, 5.41) is 2.09. The molecule has 9 heteroatoms. The van der Waals surface area contributed by atoms with E-state index in [0.29, 0.717) is 30.4 Å². The Morgan fingerprint density at radius 2 is 1.61 bits per heavy atom. The highest BCUT2D eigenvalue weighted by molar-refractivity contribution is 7.52. The van der Waals surface area contributed by atoms with Crippen LogP contribution in [0.1, 0.15) is 50.2 Å². The van der Waals surface area contributed by atoms with Crippen LogP contribution in [0, 0.1) is 0 Å². The summed E-state index contributed by atoms with van der Waals surface area (Å²) in [5.74, 6) is -0.719. The molecule has 1 aliphatic carbocycles. The van der Waals surface area contributed by atoms with Crippen molar-refractivity contribution in [3.63, 3.8) is 0 Å². The van der Waals surface area contributed by atoms with Crippen molar-refractivity contribution in [3.8, 4) is 11.1 Å². The third-order valence-corrected chi connectivity index (χ3v) is 7.40. The first kappa shape index (κ1) is 25.5. The van der Waals surface area contributed by atoms with Crippen molar-refractivity contribution in [2.75, 3.05) is 19.3 Å². The molecule has 0 bridgehead atoms. The number of benzene rings is 2. The highest BCUT2D eigenvalue weighted by atomic mass is 31.2. The summed E-state index contributed by atoms with van der Waals surface area (Å²) in [5.41, 5.74) is 1.62. The van der Waals surface area contributed by atoms with Gasteiger partial charge in [-0.05, 0) is 41.5 Å². The second-order valence-corrected chi connectivity index (χ2v) is 10.3. The molecule has 1 aliphatic rings. The topological polar surface area (TPSA) is 75.6 Å². The Bertz CT molecular complexity index is 979. The molecule has 2 N–H and O–H groups in total. The van der Waals surface area contributed by atoms with E-state index in [1.54, 1.807) is 24.3 Å². The first-order chi connectivity index (χ1) is 15.6. The number of halogens is 3. The molecule has 0 saturated heterocycles. The van der Waals surface area contributed by atoms with Crippen molar-refractivity contribution in [2.45, 2.75) is 50.6 Å². The molecule has 3 rings (SSSR count). The monoisotopic (exact) mass is 483 g/mol. The van der Waals surface area contributed by atoms with E-state index in [1.807, 2.05) is 31.2 Å². The minimum atomic E-state index is -4.53. The zero-order valence-corrected chi connectivity index (χ0v) is 19.4. The quantitative estimate of drug-likeness (QED) is 0.313. The molecule has 33 heavy (non-hydrogen) atoms. The van der Waals surface area contributed by atoms with Crippen molar-refractivity contribution in [1.29, 1.82) is 0 Å². The normalized spacial score (nSPS) is 16.0. The van der Waals surface area contributed by atoms with Crippen LogP contribution in [-0.2, 0) is 19.3 Å². The van der Waals surface area contributed by atoms with E-state index in [0.717, 1.165) is 17.5 Å². The Hall–Kier alpha value is -2.15. The largest absolute Gasteiger partial charge is 0.405 e. The van der Waals surface area contributed by atoms with Gasteiger partial charge in [-0.25, -0.2) is 0 Å². The molecule has 2 aromatic rings. The van der Waals surface area contributed by atoms with Gasteiger partial charge in [-0.15, -0.1) is 0 Å². The van der Waals surface area contributed by atoms with Crippen LogP contribution in [0.2, 0.25) is 0 Å². The van der Waals surface area contributed by atoms with Crippen LogP contribution in [0.3, 0.4) is 0 Å². The van der Waals surface area contributed by atoms with Crippen LogP contribution in [-0.4, -0.2) is 36.3 Å². The summed E-state index contributed by atoms with van der Waals surface area (Å²) in [6.45, 7) is 0.732. The van der Waals surface area contributed by atoms with Crippen LogP contribution < -0.4 is 5.32 Å². The van der Waals surface area contributed by atoms with Gasteiger partial charge >= 0.3 is 13.8 Å². The molecule has 1 unspecified atom stereocenters. The summed E-state index contributed by atoms with van der Waals surface area (Å²) in [4.78, 5) is 23.4. The van der Waals surface area contributed by atoms with Gasteiger partial charge in [0.2, 0.25) is 5.91 Å². The number of nitrogens with one attached hydrogen (secondary N) is 1. The maximum absolute atomic E-state index is 13.4. The van der Waals surface area contributed by atoms with Crippen molar-refractivity contribution >= 4 is 13.5 Å². The van der Waals surface area contributed by atoms with Crippen molar-refractivity contribution in [3.05, 3.63) is 59.7 Å². The molecule has 0 aliphatic heterocycles. The number of rotatable bonds is 11. The fourth-order valence-corrected chi connectivity index (χ4v) is 5.57. The van der Waals surface area contributed by atoms with Crippen LogP contribution in [0.5, 0.6) is 0 Å². The van der Waals surface area contributed by atoms with Crippen molar-refractivity contribution in [1.82, 2.24) is 5.32 Å². The van der Waals surface area contributed by atoms with E-state index in [4.69, 9.17) is 4.52 Å². The fourth-order valence-electron chi connectivity index (χ4n) is 4.40. The summed E-state index contributed by atoms with van der Waals surface area (Å²) in [6.07, 6.45) is -2.20. The van der Waals surface area contributed by atoms with Crippen molar-refractivity contribution in [2.24, 2.45) is 0 Å². The van der Waals surface area contributed by atoms with Crippen molar-refractivity contribution < 1.29 is 31.9 Å². The lowest BCUT2D eigenvalue weighted by molar-refractivity contribution is -0.141. The zero-order valence-electron chi connectivity index (χ0n) is 18.5. The van der Waals surface area contributed by atoms with E-state index in [9.17, 15) is 27.4 Å². The van der Waals surface area contributed by atoms with E-state index in [1.165, 1.54) is 0 Å². The summed E-state index contributed by atoms with van der Waals surface area (Å²) >= 11 is 0. The number of carbonyl (C=O) groups excluding carboxylic acids is 1. The van der Waals surface area contributed by atoms with E-state index in [-0.39, 0.29) is 19.2 Å². The van der Waals surface area contributed by atoms with Crippen LogP contribution >= 0.6 is 7.60 Å². The lowest BCUT2D eigenvalue weighted by atomic mass is 9.73.